The zero-order valence-electron chi connectivity index (χ0n) is 26.1. The third-order valence-electron chi connectivity index (χ3n) is 11.4. The van der Waals surface area contributed by atoms with Crippen molar-refractivity contribution in [1.29, 1.82) is 5.26 Å². The maximum Gasteiger partial charge on any atom is 0.319 e. The number of nitrogens with zero attached hydrogens (tertiary/aromatic N) is 5. The Kier molecular flexibility index (Phi) is 6.74. The summed E-state index contributed by atoms with van der Waals surface area (Å²) in [7, 11) is 0. The van der Waals surface area contributed by atoms with Gasteiger partial charge >= 0.3 is 6.01 Å². The highest BCUT2D eigenvalue weighted by Crippen LogP contribution is 2.49. The van der Waals surface area contributed by atoms with E-state index in [1.165, 1.54) is 17.4 Å². The molecule has 8 nitrogen and oxygen atoms in total. The molecule has 2 aromatic heterocycles. The van der Waals surface area contributed by atoms with E-state index in [0.29, 0.717) is 47.9 Å². The van der Waals surface area contributed by atoms with Crippen molar-refractivity contribution in [3.63, 3.8) is 0 Å². The van der Waals surface area contributed by atoms with E-state index in [2.05, 4.69) is 21.3 Å². The number of ether oxygens (including phenoxy) is 1. The number of fused-ring (bicyclic) bond motifs is 5. The molecule has 4 aromatic rings. The lowest BCUT2D eigenvalue weighted by Gasteiger charge is -2.42. The van der Waals surface area contributed by atoms with Crippen molar-refractivity contribution in [1.82, 2.24) is 20.2 Å². The van der Waals surface area contributed by atoms with Gasteiger partial charge < -0.3 is 20.7 Å². The van der Waals surface area contributed by atoms with Crippen LogP contribution in [0.3, 0.4) is 0 Å². The molecule has 0 radical (unpaired) electrons. The van der Waals surface area contributed by atoms with E-state index >= 15 is 8.78 Å². The van der Waals surface area contributed by atoms with E-state index in [0.717, 1.165) is 32.1 Å². The number of nitriles is 1. The quantitative estimate of drug-likeness (QED) is 0.217. The smallest absolute Gasteiger partial charge is 0.319 e. The number of halogens is 4. The molecule has 0 spiro atoms. The summed E-state index contributed by atoms with van der Waals surface area (Å²) < 4.78 is 67.5. The molecule has 4 aliphatic heterocycles. The highest BCUT2D eigenvalue weighted by molar-refractivity contribution is 7.23. The lowest BCUT2D eigenvalue weighted by atomic mass is 9.90. The van der Waals surface area contributed by atoms with Gasteiger partial charge in [0.15, 0.2) is 5.82 Å². The van der Waals surface area contributed by atoms with Gasteiger partial charge in [-0.1, -0.05) is 12.1 Å². The minimum absolute atomic E-state index is 0.0691. The number of nitrogens with two attached hydrogens (primary N) is 1. The Labute approximate surface area is 278 Å². The predicted octanol–water partition coefficient (Wildman–Crippen LogP) is 6.73. The van der Waals surface area contributed by atoms with Crippen LogP contribution in [0.15, 0.2) is 35.9 Å². The summed E-state index contributed by atoms with van der Waals surface area (Å²) in [6.45, 7) is 2.22. The van der Waals surface area contributed by atoms with Crippen molar-refractivity contribution in [3.8, 4) is 23.2 Å². The van der Waals surface area contributed by atoms with E-state index in [-0.39, 0.29) is 75.3 Å². The maximum absolute atomic E-state index is 17.0. The lowest BCUT2D eigenvalue weighted by Crippen LogP contribution is -2.61. The normalized spacial score (nSPS) is 26.9. The Hall–Kier alpha value is -3.99. The zero-order valence-corrected chi connectivity index (χ0v) is 26.9. The predicted molar refractivity (Wildman–Crippen MR) is 176 cm³/mol. The van der Waals surface area contributed by atoms with Crippen molar-refractivity contribution < 1.29 is 22.3 Å². The van der Waals surface area contributed by atoms with E-state index in [9.17, 15) is 14.0 Å². The summed E-state index contributed by atoms with van der Waals surface area (Å²) in [6.07, 6.45) is 4.44. The summed E-state index contributed by atoms with van der Waals surface area (Å²) in [5.41, 5.74) is 5.53. The first-order valence-electron chi connectivity index (χ1n) is 16.5. The van der Waals surface area contributed by atoms with Gasteiger partial charge in [0.05, 0.1) is 16.7 Å². The standard InChI is InChI=1S/C35H33F4N7OS/c36-24-11-22-29(28(37)27(24)21-3-1-4-25-26(21)23(13-40)31(41)48-25)42-33(47-17-34-8-2-10-46(34)14-18(12-34)30(38)39)43-32(22)45-15-20-7-9-35(16-45,44-20)19-5-6-19/h1,3-4,11,19-20,44H,2,5-10,12,14-17,41H2/t20-,34-,35+/m0/s1. The number of aromatic nitrogens is 2. The second-order valence-corrected chi connectivity index (χ2v) is 15.3. The van der Waals surface area contributed by atoms with Crippen LogP contribution in [0.2, 0.25) is 0 Å². The van der Waals surface area contributed by atoms with Gasteiger partial charge in [-0.15, -0.1) is 11.3 Å². The molecule has 5 aliphatic rings. The third-order valence-corrected chi connectivity index (χ3v) is 12.4. The Morgan fingerprint density at radius 1 is 1.19 bits per heavy atom. The molecular weight excluding hydrogens is 642 g/mol. The fraction of sp³-hybridized carbons (Fsp3) is 0.457. The molecule has 2 aromatic carbocycles. The van der Waals surface area contributed by atoms with Crippen molar-refractivity contribution in [2.75, 3.05) is 43.4 Å². The zero-order chi connectivity index (χ0) is 32.9. The molecule has 6 heterocycles. The van der Waals surface area contributed by atoms with Gasteiger partial charge in [-0.25, -0.2) is 8.78 Å². The van der Waals surface area contributed by atoms with Crippen LogP contribution in [-0.4, -0.2) is 64.8 Å². The number of nitrogens with one attached hydrogen (secondary N) is 1. The number of benzene rings is 2. The number of hydrogen-bond donors (Lipinski definition) is 2. The average molecular weight is 676 g/mol. The van der Waals surface area contributed by atoms with Gasteiger partial charge in [-0.2, -0.15) is 24.0 Å². The first-order chi connectivity index (χ1) is 23.2. The van der Waals surface area contributed by atoms with E-state index in [1.807, 2.05) is 4.90 Å². The molecule has 1 saturated carbocycles. The number of hydrogen-bond acceptors (Lipinski definition) is 9. The van der Waals surface area contributed by atoms with Gasteiger partial charge in [0.25, 0.3) is 6.08 Å². The fourth-order valence-corrected chi connectivity index (χ4v) is 9.97. The molecule has 13 heteroatoms. The second kappa shape index (κ2) is 10.8. The molecule has 3 N–H and O–H groups in total. The number of rotatable bonds is 6. The fourth-order valence-electron chi connectivity index (χ4n) is 9.03. The summed E-state index contributed by atoms with van der Waals surface area (Å²) in [4.78, 5) is 13.5. The highest BCUT2D eigenvalue weighted by Gasteiger charge is 2.53. The van der Waals surface area contributed by atoms with Crippen molar-refractivity contribution in [3.05, 3.63) is 53.1 Å². The molecule has 1 aliphatic carbocycles. The third kappa shape index (κ3) is 4.52. The van der Waals surface area contributed by atoms with Crippen molar-refractivity contribution in [2.45, 2.75) is 62.1 Å². The number of nitrogen functional groups attached to an aromatic ring is 1. The topological polar surface area (TPSA) is 103 Å². The van der Waals surface area contributed by atoms with Crippen LogP contribution < -0.4 is 20.7 Å². The summed E-state index contributed by atoms with van der Waals surface area (Å²) >= 11 is 1.19. The Morgan fingerprint density at radius 2 is 2.04 bits per heavy atom. The van der Waals surface area contributed by atoms with Gasteiger partial charge in [-0.3, -0.25) is 4.90 Å². The van der Waals surface area contributed by atoms with E-state index in [4.69, 9.17) is 15.5 Å². The second-order valence-electron chi connectivity index (χ2n) is 14.2. The SMILES string of the molecule is N#Cc1c(N)sc2cccc(-c3c(F)cc4c(N5C[C@@H]6CC[C@](C7CC7)(C5)N6)nc(OC[C@@]56CCCN5CC(=C(F)F)C6)nc4c3F)c12. The monoisotopic (exact) mass is 675 g/mol. The number of thiophene rings is 1. The number of piperazine rings is 1. The average Bonchev–Trinajstić information content (AvgIpc) is 3.52. The van der Waals surface area contributed by atoms with E-state index < -0.39 is 23.3 Å². The Morgan fingerprint density at radius 3 is 2.83 bits per heavy atom. The molecule has 48 heavy (non-hydrogen) atoms. The van der Waals surface area contributed by atoms with Gasteiger partial charge in [-0.05, 0) is 75.1 Å². The highest BCUT2D eigenvalue weighted by atomic mass is 32.1. The molecule has 2 bridgehead atoms. The maximum atomic E-state index is 17.0. The lowest BCUT2D eigenvalue weighted by molar-refractivity contribution is 0.108. The van der Waals surface area contributed by atoms with Gasteiger partial charge in [0, 0.05) is 52.3 Å². The first kappa shape index (κ1) is 30.1. The first-order valence-corrected chi connectivity index (χ1v) is 17.3. The summed E-state index contributed by atoms with van der Waals surface area (Å²) in [6, 6.07) is 8.56. The molecule has 9 rings (SSSR count). The molecule has 0 amide bonds. The van der Waals surface area contributed by atoms with E-state index in [1.54, 1.807) is 18.2 Å². The molecule has 5 fully saturated rings. The molecular formula is C35H33F4N7OS. The Bertz CT molecular complexity index is 2090. The van der Waals surface area contributed by atoms with Crippen molar-refractivity contribution in [2.24, 2.45) is 5.92 Å². The van der Waals surface area contributed by atoms with Crippen molar-refractivity contribution >= 4 is 43.1 Å². The van der Waals surface area contributed by atoms with Crippen LogP contribution in [-0.2, 0) is 0 Å². The molecule has 4 saturated heterocycles. The summed E-state index contributed by atoms with van der Waals surface area (Å²) in [5, 5.41) is 14.6. The van der Waals surface area contributed by atoms with Crippen LogP contribution in [0.25, 0.3) is 32.1 Å². The minimum Gasteiger partial charge on any atom is -0.461 e. The van der Waals surface area contributed by atoms with Crippen LogP contribution >= 0.6 is 11.3 Å². The Balaban J connectivity index is 1.19. The van der Waals surface area contributed by atoms with Crippen LogP contribution in [0.4, 0.5) is 28.4 Å². The summed E-state index contributed by atoms with van der Waals surface area (Å²) in [5.74, 6) is -0.735. The number of anilines is 2. The largest absolute Gasteiger partial charge is 0.461 e. The van der Waals surface area contributed by atoms with Crippen LogP contribution in [0, 0.1) is 28.9 Å². The van der Waals surface area contributed by atoms with Crippen LogP contribution in [0.5, 0.6) is 6.01 Å². The minimum atomic E-state index is -1.65. The molecule has 3 atom stereocenters. The van der Waals surface area contributed by atoms with Crippen LogP contribution in [0.1, 0.15) is 50.5 Å². The molecule has 248 valence electrons. The van der Waals surface area contributed by atoms with Gasteiger partial charge in [0.1, 0.15) is 34.8 Å². The molecule has 0 unspecified atom stereocenters. The van der Waals surface area contributed by atoms with Gasteiger partial charge in [0.2, 0.25) is 0 Å².